The van der Waals surface area contributed by atoms with Crippen LogP contribution in [0.1, 0.15) is 29.9 Å². The fraction of sp³-hybridized carbons (Fsp3) is 0.357. The number of H-pyrrole nitrogens is 1. The van der Waals surface area contributed by atoms with E-state index in [2.05, 4.69) is 46.5 Å². The molecule has 4 heteroatoms. The normalized spacial score (nSPS) is 12.6. The van der Waals surface area contributed by atoms with Crippen LogP contribution in [0.4, 0.5) is 0 Å². The third kappa shape index (κ3) is 3.42. The van der Waals surface area contributed by atoms with Crippen molar-refractivity contribution in [1.82, 2.24) is 15.3 Å². The van der Waals surface area contributed by atoms with Gasteiger partial charge in [-0.1, -0.05) is 24.3 Å². The second-order valence-corrected chi connectivity index (χ2v) is 4.33. The van der Waals surface area contributed by atoms with Gasteiger partial charge in [-0.15, -0.1) is 0 Å². The van der Waals surface area contributed by atoms with Crippen molar-refractivity contribution in [2.24, 2.45) is 0 Å². The Balaban J connectivity index is 1.91. The predicted octanol–water partition coefficient (Wildman–Crippen LogP) is 2.41. The molecule has 0 radical (unpaired) electrons. The van der Waals surface area contributed by atoms with Gasteiger partial charge in [-0.2, -0.15) is 0 Å². The molecular weight excluding hydrogens is 226 g/mol. The molecule has 1 atom stereocenters. The molecule has 1 unspecified atom stereocenters. The Bertz CT molecular complexity index is 468. The number of ether oxygens (including phenoxy) is 1. The van der Waals surface area contributed by atoms with E-state index in [0.717, 1.165) is 12.4 Å². The summed E-state index contributed by atoms with van der Waals surface area (Å²) in [7, 11) is 1.71. The summed E-state index contributed by atoms with van der Waals surface area (Å²) in [5.74, 6) is 0.961. The van der Waals surface area contributed by atoms with Crippen LogP contribution in [0, 0.1) is 0 Å². The molecule has 2 N–H and O–H groups in total. The van der Waals surface area contributed by atoms with Crippen LogP contribution >= 0.6 is 0 Å². The van der Waals surface area contributed by atoms with Crippen molar-refractivity contribution in [2.45, 2.75) is 26.1 Å². The summed E-state index contributed by atoms with van der Waals surface area (Å²) in [6, 6.07) is 8.62. The van der Waals surface area contributed by atoms with E-state index in [-0.39, 0.29) is 6.04 Å². The zero-order valence-corrected chi connectivity index (χ0v) is 10.8. The topological polar surface area (TPSA) is 49.9 Å². The minimum absolute atomic E-state index is 0.214. The van der Waals surface area contributed by atoms with Crippen LogP contribution in [0.5, 0.6) is 0 Å². The number of nitrogens with one attached hydrogen (secondary N) is 2. The average Bonchev–Trinajstić information content (AvgIpc) is 2.91. The van der Waals surface area contributed by atoms with Crippen molar-refractivity contribution in [1.29, 1.82) is 0 Å². The molecule has 0 saturated carbocycles. The van der Waals surface area contributed by atoms with Crippen molar-refractivity contribution in [3.8, 4) is 0 Å². The van der Waals surface area contributed by atoms with E-state index < -0.39 is 0 Å². The lowest BCUT2D eigenvalue weighted by Gasteiger charge is -2.12. The first-order valence-corrected chi connectivity index (χ1v) is 6.09. The fourth-order valence-corrected chi connectivity index (χ4v) is 1.88. The first-order valence-electron chi connectivity index (χ1n) is 6.09. The van der Waals surface area contributed by atoms with E-state index >= 15 is 0 Å². The monoisotopic (exact) mass is 245 g/mol. The maximum absolute atomic E-state index is 5.13. The number of methoxy groups -OCH3 is 1. The zero-order valence-electron chi connectivity index (χ0n) is 10.8. The van der Waals surface area contributed by atoms with Crippen LogP contribution in [-0.4, -0.2) is 17.1 Å². The van der Waals surface area contributed by atoms with Crippen molar-refractivity contribution < 1.29 is 4.74 Å². The minimum atomic E-state index is 0.214. The van der Waals surface area contributed by atoms with Gasteiger partial charge in [0.15, 0.2) is 0 Å². The first-order chi connectivity index (χ1) is 8.79. The van der Waals surface area contributed by atoms with Gasteiger partial charge in [0.1, 0.15) is 5.82 Å². The Morgan fingerprint density at radius 2 is 2.22 bits per heavy atom. The molecular formula is C14H19N3O. The number of hydrogen-bond donors (Lipinski definition) is 2. The van der Waals surface area contributed by atoms with E-state index in [0.29, 0.717) is 6.61 Å². The summed E-state index contributed by atoms with van der Waals surface area (Å²) in [6.45, 7) is 3.57. The van der Waals surface area contributed by atoms with Crippen LogP contribution in [-0.2, 0) is 17.9 Å². The Morgan fingerprint density at radius 1 is 1.39 bits per heavy atom. The van der Waals surface area contributed by atoms with Crippen LogP contribution in [0.15, 0.2) is 36.7 Å². The van der Waals surface area contributed by atoms with Crippen molar-refractivity contribution in [3.63, 3.8) is 0 Å². The molecule has 1 aromatic heterocycles. The van der Waals surface area contributed by atoms with E-state index in [1.54, 1.807) is 13.3 Å². The highest BCUT2D eigenvalue weighted by molar-refractivity contribution is 5.23. The molecule has 0 fully saturated rings. The highest BCUT2D eigenvalue weighted by Crippen LogP contribution is 2.10. The number of rotatable bonds is 6. The first kappa shape index (κ1) is 12.8. The second kappa shape index (κ2) is 6.33. The van der Waals surface area contributed by atoms with Gasteiger partial charge in [-0.05, 0) is 18.1 Å². The second-order valence-electron chi connectivity index (χ2n) is 4.33. The summed E-state index contributed by atoms with van der Waals surface area (Å²) in [5.41, 5.74) is 2.45. The smallest absolute Gasteiger partial charge is 0.122 e. The summed E-state index contributed by atoms with van der Waals surface area (Å²) in [4.78, 5) is 7.35. The molecule has 0 spiro atoms. The van der Waals surface area contributed by atoms with E-state index in [4.69, 9.17) is 4.74 Å². The van der Waals surface area contributed by atoms with Crippen molar-refractivity contribution in [3.05, 3.63) is 53.6 Å². The summed E-state index contributed by atoms with van der Waals surface area (Å²) in [5, 5.41) is 3.44. The molecule has 0 aliphatic carbocycles. The van der Waals surface area contributed by atoms with Gasteiger partial charge in [0.25, 0.3) is 0 Å². The third-order valence-corrected chi connectivity index (χ3v) is 2.84. The Kier molecular flexibility index (Phi) is 4.50. The van der Waals surface area contributed by atoms with Crippen LogP contribution in [0.25, 0.3) is 0 Å². The molecule has 18 heavy (non-hydrogen) atoms. The molecule has 4 nitrogen and oxygen atoms in total. The number of benzene rings is 1. The maximum atomic E-state index is 5.13. The van der Waals surface area contributed by atoms with Crippen LogP contribution in [0.3, 0.4) is 0 Å². The summed E-state index contributed by atoms with van der Waals surface area (Å²) in [6.07, 6.45) is 3.61. The largest absolute Gasteiger partial charge is 0.380 e. The Morgan fingerprint density at radius 3 is 2.94 bits per heavy atom. The molecule has 0 aliphatic heterocycles. The number of aromatic nitrogens is 2. The molecule has 0 saturated heterocycles. The molecule has 0 bridgehead atoms. The lowest BCUT2D eigenvalue weighted by Crippen LogP contribution is -2.19. The van der Waals surface area contributed by atoms with Gasteiger partial charge in [-0.3, -0.25) is 0 Å². The maximum Gasteiger partial charge on any atom is 0.122 e. The Labute approximate surface area is 107 Å². The molecule has 1 aromatic carbocycles. The van der Waals surface area contributed by atoms with E-state index in [1.165, 1.54) is 11.1 Å². The highest BCUT2D eigenvalue weighted by atomic mass is 16.5. The minimum Gasteiger partial charge on any atom is -0.380 e. The number of imidazole rings is 1. The number of nitrogens with zero attached hydrogens (tertiary/aromatic N) is 1. The standard InChI is InChI=1S/C14H19N3O/c1-11(14-15-6-7-16-14)17-9-12-4-3-5-13(8-12)10-18-2/h3-8,11,17H,9-10H2,1-2H3,(H,15,16). The van der Waals surface area contributed by atoms with E-state index in [1.807, 2.05) is 6.20 Å². The van der Waals surface area contributed by atoms with Gasteiger partial charge in [0.2, 0.25) is 0 Å². The Hall–Kier alpha value is -1.65. The van der Waals surface area contributed by atoms with Crippen LogP contribution in [0.2, 0.25) is 0 Å². The SMILES string of the molecule is COCc1cccc(CNC(C)c2ncc[nH]2)c1. The average molecular weight is 245 g/mol. The fourth-order valence-electron chi connectivity index (χ4n) is 1.88. The molecule has 1 heterocycles. The van der Waals surface area contributed by atoms with Gasteiger partial charge in [0, 0.05) is 26.0 Å². The molecule has 0 amide bonds. The third-order valence-electron chi connectivity index (χ3n) is 2.84. The van der Waals surface area contributed by atoms with Gasteiger partial charge < -0.3 is 15.0 Å². The number of aromatic amines is 1. The summed E-state index contributed by atoms with van der Waals surface area (Å²) >= 11 is 0. The predicted molar refractivity (Wildman–Crippen MR) is 71.0 cm³/mol. The lowest BCUT2D eigenvalue weighted by molar-refractivity contribution is 0.185. The van der Waals surface area contributed by atoms with Gasteiger partial charge >= 0.3 is 0 Å². The summed E-state index contributed by atoms with van der Waals surface area (Å²) < 4.78 is 5.13. The lowest BCUT2D eigenvalue weighted by atomic mass is 10.1. The molecule has 2 aromatic rings. The van der Waals surface area contributed by atoms with E-state index in [9.17, 15) is 0 Å². The van der Waals surface area contributed by atoms with Crippen molar-refractivity contribution >= 4 is 0 Å². The molecule has 0 aliphatic rings. The van der Waals surface area contributed by atoms with Crippen LogP contribution < -0.4 is 5.32 Å². The molecule has 96 valence electrons. The van der Waals surface area contributed by atoms with Gasteiger partial charge in [-0.25, -0.2) is 4.98 Å². The zero-order chi connectivity index (χ0) is 12.8. The van der Waals surface area contributed by atoms with Gasteiger partial charge in [0.05, 0.1) is 12.6 Å². The molecule has 2 rings (SSSR count). The number of hydrogen-bond acceptors (Lipinski definition) is 3. The highest BCUT2D eigenvalue weighted by Gasteiger charge is 2.06. The van der Waals surface area contributed by atoms with Crippen molar-refractivity contribution in [2.75, 3.05) is 7.11 Å². The quantitative estimate of drug-likeness (QED) is 0.821.